The Balaban J connectivity index is 3.25. The third kappa shape index (κ3) is 8.85. The van der Waals surface area contributed by atoms with Crippen LogP contribution in [0.2, 0.25) is 0 Å². The first kappa shape index (κ1) is 11.9. The second-order valence-corrected chi connectivity index (χ2v) is 2.94. The van der Waals surface area contributed by atoms with E-state index in [1.165, 1.54) is 6.92 Å². The molecule has 0 heterocycles. The summed E-state index contributed by atoms with van der Waals surface area (Å²) in [7, 11) is 0. The van der Waals surface area contributed by atoms with Crippen molar-refractivity contribution < 1.29 is 9.59 Å². The van der Waals surface area contributed by atoms with Gasteiger partial charge in [0.1, 0.15) is 0 Å². The minimum absolute atomic E-state index is 0.00204. The topological polar surface area (TPSA) is 58.2 Å². The molecule has 0 saturated carbocycles. The molecule has 0 atom stereocenters. The summed E-state index contributed by atoms with van der Waals surface area (Å²) < 4.78 is 0. The van der Waals surface area contributed by atoms with Crippen LogP contribution >= 0.6 is 0 Å². The van der Waals surface area contributed by atoms with E-state index in [-0.39, 0.29) is 11.8 Å². The van der Waals surface area contributed by atoms with Crippen molar-refractivity contribution >= 4 is 11.8 Å². The van der Waals surface area contributed by atoms with E-state index < -0.39 is 0 Å². The van der Waals surface area contributed by atoms with Crippen LogP contribution in [0.15, 0.2) is 0 Å². The van der Waals surface area contributed by atoms with Gasteiger partial charge in [-0.05, 0) is 6.42 Å². The van der Waals surface area contributed by atoms with Crippen LogP contribution in [0.5, 0.6) is 0 Å². The standard InChI is InChI=1S/C9H18N2O2/c1-3-4-6-11-9(13)5-7-10-8(2)12/h3-7H2,1-2H3,(H,10,12)(H,11,13). The SMILES string of the molecule is CCCCNC(=O)CCNC(C)=O. The van der Waals surface area contributed by atoms with Crippen molar-refractivity contribution in [3.05, 3.63) is 0 Å². The quantitative estimate of drug-likeness (QED) is 0.591. The predicted octanol–water partition coefficient (Wildman–Crippen LogP) is 0.429. The zero-order valence-corrected chi connectivity index (χ0v) is 8.35. The van der Waals surface area contributed by atoms with Crippen molar-refractivity contribution in [3.8, 4) is 0 Å². The number of carbonyl (C=O) groups excluding carboxylic acids is 2. The molecule has 2 N–H and O–H groups in total. The molecule has 76 valence electrons. The van der Waals surface area contributed by atoms with Crippen LogP contribution in [0.25, 0.3) is 0 Å². The van der Waals surface area contributed by atoms with Gasteiger partial charge in [0.2, 0.25) is 11.8 Å². The fourth-order valence-electron chi connectivity index (χ4n) is 0.845. The van der Waals surface area contributed by atoms with Gasteiger partial charge < -0.3 is 10.6 Å². The highest BCUT2D eigenvalue weighted by Gasteiger charge is 1.99. The fraction of sp³-hybridized carbons (Fsp3) is 0.778. The summed E-state index contributed by atoms with van der Waals surface area (Å²) in [4.78, 5) is 21.5. The van der Waals surface area contributed by atoms with Crippen molar-refractivity contribution in [2.24, 2.45) is 0 Å². The molecule has 0 unspecified atom stereocenters. The third-order valence-electron chi connectivity index (χ3n) is 1.58. The molecule has 0 aliphatic rings. The van der Waals surface area contributed by atoms with Gasteiger partial charge in [-0.15, -0.1) is 0 Å². The smallest absolute Gasteiger partial charge is 0.221 e. The van der Waals surface area contributed by atoms with Crippen LogP contribution in [-0.2, 0) is 9.59 Å². The minimum Gasteiger partial charge on any atom is -0.356 e. The normalized spacial score (nSPS) is 9.38. The van der Waals surface area contributed by atoms with Gasteiger partial charge in [0, 0.05) is 26.4 Å². The Bertz CT molecular complexity index is 169. The summed E-state index contributed by atoms with van der Waals surface area (Å²) in [6.45, 7) is 4.67. The summed E-state index contributed by atoms with van der Waals surface area (Å²) in [6.07, 6.45) is 2.45. The maximum atomic E-state index is 11.0. The average Bonchev–Trinajstić information content (AvgIpc) is 2.04. The molecule has 0 aliphatic carbocycles. The van der Waals surface area contributed by atoms with Crippen molar-refractivity contribution in [2.75, 3.05) is 13.1 Å². The molecule has 0 radical (unpaired) electrons. The number of rotatable bonds is 6. The molecule has 0 rings (SSSR count). The molecule has 0 saturated heterocycles. The zero-order chi connectivity index (χ0) is 10.1. The first-order valence-corrected chi connectivity index (χ1v) is 4.68. The number of nitrogens with one attached hydrogen (secondary N) is 2. The van der Waals surface area contributed by atoms with E-state index in [1.807, 2.05) is 0 Å². The highest BCUT2D eigenvalue weighted by molar-refractivity contribution is 5.77. The summed E-state index contributed by atoms with van der Waals surface area (Å²) in [6, 6.07) is 0. The zero-order valence-electron chi connectivity index (χ0n) is 8.35. The van der Waals surface area contributed by atoms with Gasteiger partial charge in [-0.3, -0.25) is 9.59 Å². The molecular formula is C9H18N2O2. The maximum Gasteiger partial charge on any atom is 0.221 e. The predicted molar refractivity (Wildman–Crippen MR) is 51.2 cm³/mol. The molecule has 0 aromatic rings. The van der Waals surface area contributed by atoms with Crippen LogP contribution in [0.3, 0.4) is 0 Å². The molecule has 4 heteroatoms. The second kappa shape index (κ2) is 7.58. The van der Waals surface area contributed by atoms with Gasteiger partial charge in [-0.25, -0.2) is 0 Å². The van der Waals surface area contributed by atoms with Crippen LogP contribution < -0.4 is 10.6 Å². The van der Waals surface area contributed by atoms with Crippen LogP contribution in [0.1, 0.15) is 33.1 Å². The van der Waals surface area contributed by atoms with E-state index >= 15 is 0 Å². The van der Waals surface area contributed by atoms with Crippen molar-refractivity contribution in [1.82, 2.24) is 10.6 Å². The second-order valence-electron chi connectivity index (χ2n) is 2.94. The van der Waals surface area contributed by atoms with E-state index in [0.29, 0.717) is 13.0 Å². The molecule has 0 aromatic heterocycles. The van der Waals surface area contributed by atoms with Crippen LogP contribution in [-0.4, -0.2) is 24.9 Å². The molecule has 0 fully saturated rings. The molecule has 0 aliphatic heterocycles. The highest BCUT2D eigenvalue weighted by atomic mass is 16.2. The lowest BCUT2D eigenvalue weighted by Gasteiger charge is -2.04. The lowest BCUT2D eigenvalue weighted by molar-refractivity contribution is -0.121. The lowest BCUT2D eigenvalue weighted by Crippen LogP contribution is -2.29. The minimum atomic E-state index is -0.0960. The summed E-state index contributed by atoms with van der Waals surface area (Å²) in [5, 5.41) is 5.33. The van der Waals surface area contributed by atoms with Gasteiger partial charge in [0.05, 0.1) is 0 Å². The van der Waals surface area contributed by atoms with Crippen molar-refractivity contribution in [1.29, 1.82) is 0 Å². The number of carbonyl (C=O) groups is 2. The Kier molecular flexibility index (Phi) is 6.96. The Labute approximate surface area is 79.1 Å². The fourth-order valence-corrected chi connectivity index (χ4v) is 0.845. The van der Waals surface area contributed by atoms with E-state index in [9.17, 15) is 9.59 Å². The van der Waals surface area contributed by atoms with Gasteiger partial charge in [-0.1, -0.05) is 13.3 Å². The van der Waals surface area contributed by atoms with E-state index in [1.54, 1.807) is 0 Å². The van der Waals surface area contributed by atoms with E-state index in [0.717, 1.165) is 19.4 Å². The molecule has 0 spiro atoms. The average molecular weight is 186 g/mol. The largest absolute Gasteiger partial charge is 0.356 e. The highest BCUT2D eigenvalue weighted by Crippen LogP contribution is 1.84. The van der Waals surface area contributed by atoms with Crippen LogP contribution in [0.4, 0.5) is 0 Å². The Morgan fingerprint density at radius 1 is 1.15 bits per heavy atom. The molecule has 2 amide bonds. The Hall–Kier alpha value is -1.06. The monoisotopic (exact) mass is 186 g/mol. The molecule has 13 heavy (non-hydrogen) atoms. The summed E-state index contributed by atoms with van der Waals surface area (Å²) in [5.41, 5.74) is 0. The Morgan fingerprint density at radius 2 is 1.85 bits per heavy atom. The molecule has 0 bridgehead atoms. The van der Waals surface area contributed by atoms with Crippen molar-refractivity contribution in [3.63, 3.8) is 0 Å². The third-order valence-corrected chi connectivity index (χ3v) is 1.58. The van der Waals surface area contributed by atoms with Crippen LogP contribution in [0, 0.1) is 0 Å². The van der Waals surface area contributed by atoms with Crippen molar-refractivity contribution in [2.45, 2.75) is 33.1 Å². The number of hydrogen-bond acceptors (Lipinski definition) is 2. The number of hydrogen-bond donors (Lipinski definition) is 2. The summed E-state index contributed by atoms with van der Waals surface area (Å²) in [5.74, 6) is -0.0939. The van der Waals surface area contributed by atoms with E-state index in [4.69, 9.17) is 0 Å². The van der Waals surface area contributed by atoms with Gasteiger partial charge in [-0.2, -0.15) is 0 Å². The lowest BCUT2D eigenvalue weighted by atomic mass is 10.3. The molecule has 0 aromatic carbocycles. The van der Waals surface area contributed by atoms with E-state index in [2.05, 4.69) is 17.6 Å². The number of unbranched alkanes of at least 4 members (excludes halogenated alkanes) is 1. The maximum absolute atomic E-state index is 11.0. The molecular weight excluding hydrogens is 168 g/mol. The van der Waals surface area contributed by atoms with Gasteiger partial charge in [0.25, 0.3) is 0 Å². The summed E-state index contributed by atoms with van der Waals surface area (Å²) >= 11 is 0. The molecule has 4 nitrogen and oxygen atoms in total. The number of amides is 2. The van der Waals surface area contributed by atoms with Gasteiger partial charge in [0.15, 0.2) is 0 Å². The van der Waals surface area contributed by atoms with Gasteiger partial charge >= 0.3 is 0 Å². The Morgan fingerprint density at radius 3 is 2.38 bits per heavy atom. The first-order valence-electron chi connectivity index (χ1n) is 4.68. The first-order chi connectivity index (χ1) is 6.16.